The Kier molecular flexibility index (Phi) is 4.66. The summed E-state index contributed by atoms with van der Waals surface area (Å²) in [6.07, 6.45) is -2.89. The first-order chi connectivity index (χ1) is 7.67. The van der Waals surface area contributed by atoms with Crippen molar-refractivity contribution in [1.29, 1.82) is 0 Å². The molecule has 1 aromatic heterocycles. The predicted octanol–water partition coefficient (Wildman–Crippen LogP) is 4.45. The van der Waals surface area contributed by atoms with E-state index < -0.39 is 11.7 Å². The van der Waals surface area contributed by atoms with Gasteiger partial charge in [-0.25, -0.2) is 0 Å². The molecule has 1 nitrogen and oxygen atoms in total. The summed E-state index contributed by atoms with van der Waals surface area (Å²) in [5.41, 5.74) is 4.97. The van der Waals surface area contributed by atoms with E-state index in [4.69, 9.17) is 5.73 Å². The minimum atomic E-state index is -4.28. The normalized spacial score (nSPS) is 13.1. The van der Waals surface area contributed by atoms with Gasteiger partial charge in [0.15, 0.2) is 0 Å². The Morgan fingerprint density at radius 2 is 1.94 bits per heavy atom. The van der Waals surface area contributed by atoms with Crippen LogP contribution >= 0.6 is 27.3 Å². The lowest BCUT2D eigenvalue weighted by Gasteiger charge is -2.21. The molecule has 0 aliphatic carbocycles. The van der Waals surface area contributed by atoms with Gasteiger partial charge in [0.2, 0.25) is 0 Å². The van der Waals surface area contributed by atoms with E-state index in [1.807, 2.05) is 13.8 Å². The van der Waals surface area contributed by atoms with Crippen molar-refractivity contribution in [3.05, 3.63) is 20.3 Å². The number of hydrogen-bond donors (Lipinski definition) is 1. The maximum Gasteiger partial charge on any atom is 0.418 e. The van der Waals surface area contributed by atoms with Crippen molar-refractivity contribution in [2.24, 2.45) is 11.1 Å². The number of halogens is 4. The van der Waals surface area contributed by atoms with Crippen LogP contribution < -0.4 is 5.73 Å². The molecule has 0 bridgehead atoms. The van der Waals surface area contributed by atoms with E-state index in [1.54, 1.807) is 0 Å². The maximum absolute atomic E-state index is 12.6. The van der Waals surface area contributed by atoms with Crippen molar-refractivity contribution in [3.63, 3.8) is 0 Å². The second-order valence-electron chi connectivity index (χ2n) is 4.75. The van der Waals surface area contributed by atoms with Crippen LogP contribution in [0.3, 0.4) is 0 Å². The first kappa shape index (κ1) is 15.0. The maximum atomic E-state index is 12.6. The molecule has 2 N–H and O–H groups in total. The van der Waals surface area contributed by atoms with Crippen LogP contribution in [0.2, 0.25) is 0 Å². The molecule has 0 fully saturated rings. The van der Waals surface area contributed by atoms with E-state index in [-0.39, 0.29) is 9.89 Å². The van der Waals surface area contributed by atoms with Crippen LogP contribution in [0.15, 0.2) is 9.85 Å². The third kappa shape index (κ3) is 3.96. The molecule has 1 heterocycles. The molecule has 0 atom stereocenters. The molecule has 0 aliphatic heterocycles. The monoisotopic (exact) mass is 329 g/mol. The SMILES string of the molecule is CC(C)(CN)CCc1scc(C(F)(F)F)c1Br. The Morgan fingerprint density at radius 3 is 2.35 bits per heavy atom. The average Bonchev–Trinajstić information content (AvgIpc) is 2.56. The van der Waals surface area contributed by atoms with E-state index in [9.17, 15) is 13.2 Å². The quantitative estimate of drug-likeness (QED) is 0.867. The molecule has 0 spiro atoms. The number of hydrogen-bond acceptors (Lipinski definition) is 2. The highest BCUT2D eigenvalue weighted by Gasteiger charge is 2.35. The lowest BCUT2D eigenvalue weighted by molar-refractivity contribution is -0.137. The van der Waals surface area contributed by atoms with Gasteiger partial charge in [-0.2, -0.15) is 13.2 Å². The van der Waals surface area contributed by atoms with E-state index in [2.05, 4.69) is 15.9 Å². The zero-order chi connectivity index (χ0) is 13.3. The Bertz CT molecular complexity index is 385. The van der Waals surface area contributed by atoms with Crippen molar-refractivity contribution in [2.45, 2.75) is 32.9 Å². The van der Waals surface area contributed by atoms with Crippen LogP contribution in [0.5, 0.6) is 0 Å². The van der Waals surface area contributed by atoms with Crippen LogP contribution in [0.25, 0.3) is 0 Å². The summed E-state index contributed by atoms with van der Waals surface area (Å²) < 4.78 is 37.9. The van der Waals surface area contributed by atoms with Gasteiger partial charge in [0, 0.05) is 14.7 Å². The number of aryl methyl sites for hydroxylation is 1. The van der Waals surface area contributed by atoms with Gasteiger partial charge in [0.25, 0.3) is 0 Å². The lowest BCUT2D eigenvalue weighted by atomic mass is 9.88. The van der Waals surface area contributed by atoms with Gasteiger partial charge in [-0.1, -0.05) is 13.8 Å². The first-order valence-corrected chi connectivity index (χ1v) is 6.88. The molecule has 1 aromatic rings. The Labute approximate surface area is 111 Å². The standard InChI is InChI=1S/C11H15BrF3NS/c1-10(2,6-16)4-3-8-9(12)7(5-17-8)11(13,14)15/h5H,3-4,6,16H2,1-2H3. The highest BCUT2D eigenvalue weighted by atomic mass is 79.9. The summed E-state index contributed by atoms with van der Waals surface area (Å²) in [4.78, 5) is 0.735. The van der Waals surface area contributed by atoms with E-state index >= 15 is 0 Å². The molecule has 0 radical (unpaired) electrons. The van der Waals surface area contributed by atoms with Crippen molar-refractivity contribution in [1.82, 2.24) is 0 Å². The Balaban J connectivity index is 2.78. The fourth-order valence-corrected chi connectivity index (χ4v) is 3.21. The molecule has 17 heavy (non-hydrogen) atoms. The van der Waals surface area contributed by atoms with Crippen molar-refractivity contribution < 1.29 is 13.2 Å². The Hall–Kier alpha value is -0.0700. The molecule has 0 amide bonds. The zero-order valence-electron chi connectivity index (χ0n) is 9.70. The fourth-order valence-electron chi connectivity index (χ4n) is 1.30. The van der Waals surface area contributed by atoms with Gasteiger partial charge in [-0.3, -0.25) is 0 Å². The van der Waals surface area contributed by atoms with Crippen molar-refractivity contribution in [2.75, 3.05) is 6.54 Å². The summed E-state index contributed by atoms with van der Waals surface area (Å²) >= 11 is 4.18. The van der Waals surface area contributed by atoms with Crippen LogP contribution in [-0.2, 0) is 12.6 Å². The van der Waals surface area contributed by atoms with Crippen LogP contribution in [0.4, 0.5) is 13.2 Å². The van der Waals surface area contributed by atoms with Crippen molar-refractivity contribution >= 4 is 27.3 Å². The summed E-state index contributed by atoms with van der Waals surface area (Å²) in [6.45, 7) is 4.56. The predicted molar refractivity (Wildman–Crippen MR) is 68.2 cm³/mol. The third-order valence-electron chi connectivity index (χ3n) is 2.69. The molecule has 1 rings (SSSR count). The number of thiophene rings is 1. The lowest BCUT2D eigenvalue weighted by Crippen LogP contribution is -2.23. The molecule has 0 saturated heterocycles. The topological polar surface area (TPSA) is 26.0 Å². The average molecular weight is 330 g/mol. The molecule has 0 aliphatic rings. The van der Waals surface area contributed by atoms with Gasteiger partial charge >= 0.3 is 6.18 Å². The zero-order valence-corrected chi connectivity index (χ0v) is 12.1. The highest BCUT2D eigenvalue weighted by molar-refractivity contribution is 9.10. The largest absolute Gasteiger partial charge is 0.418 e. The summed E-state index contributed by atoms with van der Waals surface area (Å²) in [5, 5.41) is 1.16. The second-order valence-corrected chi connectivity index (χ2v) is 6.51. The van der Waals surface area contributed by atoms with Crippen LogP contribution in [0, 0.1) is 5.41 Å². The van der Waals surface area contributed by atoms with Gasteiger partial charge < -0.3 is 5.73 Å². The number of alkyl halides is 3. The second kappa shape index (κ2) is 5.28. The van der Waals surface area contributed by atoms with Crippen LogP contribution in [-0.4, -0.2) is 6.54 Å². The van der Waals surface area contributed by atoms with Gasteiger partial charge in [0.1, 0.15) is 0 Å². The van der Waals surface area contributed by atoms with E-state index in [0.717, 1.165) is 28.0 Å². The van der Waals surface area contributed by atoms with Crippen molar-refractivity contribution in [3.8, 4) is 0 Å². The van der Waals surface area contributed by atoms with E-state index in [1.165, 1.54) is 0 Å². The van der Waals surface area contributed by atoms with E-state index in [0.29, 0.717) is 13.0 Å². The molecule has 0 aromatic carbocycles. The Morgan fingerprint density at radius 1 is 1.35 bits per heavy atom. The minimum Gasteiger partial charge on any atom is -0.330 e. The minimum absolute atomic E-state index is 0.0399. The molecule has 0 saturated carbocycles. The fraction of sp³-hybridized carbons (Fsp3) is 0.636. The summed E-state index contributed by atoms with van der Waals surface area (Å²) in [5.74, 6) is 0. The smallest absolute Gasteiger partial charge is 0.330 e. The number of nitrogens with two attached hydrogens (primary N) is 1. The molecule has 98 valence electrons. The number of rotatable bonds is 4. The first-order valence-electron chi connectivity index (χ1n) is 5.20. The van der Waals surface area contributed by atoms with Gasteiger partial charge in [0.05, 0.1) is 5.56 Å². The summed E-state index contributed by atoms with van der Waals surface area (Å²) in [7, 11) is 0. The highest BCUT2D eigenvalue weighted by Crippen LogP contribution is 2.41. The molecule has 0 unspecified atom stereocenters. The van der Waals surface area contributed by atoms with Crippen LogP contribution in [0.1, 0.15) is 30.7 Å². The summed E-state index contributed by atoms with van der Waals surface area (Å²) in [6, 6.07) is 0. The third-order valence-corrected chi connectivity index (χ3v) is 4.90. The van der Waals surface area contributed by atoms with Gasteiger partial charge in [-0.15, -0.1) is 11.3 Å². The molecular weight excluding hydrogens is 315 g/mol. The molecular formula is C11H15BrF3NS. The van der Waals surface area contributed by atoms with Gasteiger partial charge in [-0.05, 0) is 40.7 Å². The molecule has 6 heteroatoms.